The number of halogens is 3. The van der Waals surface area contributed by atoms with Crippen LogP contribution in [0.15, 0.2) is 29.4 Å². The highest BCUT2D eigenvalue weighted by molar-refractivity contribution is 7.16. The number of rotatable bonds is 6. The number of thiophene rings is 1. The molecule has 2 amide bonds. The monoisotopic (exact) mass is 450 g/mol. The smallest absolute Gasteiger partial charge is 0.385 e. The third-order valence-corrected chi connectivity index (χ3v) is 5.64. The Bertz CT molecular complexity index is 1060. The summed E-state index contributed by atoms with van der Waals surface area (Å²) < 4.78 is 38.1. The van der Waals surface area contributed by atoms with Crippen molar-refractivity contribution >= 4 is 40.1 Å². The number of anilines is 2. The standard InChI is InChI=1S/C20H17F3N4O3S/c21-20(22,23)12-4-3-5-13(8-12)26-17(28)10-25-30-11-18(29)27-19-15(9-24)14-6-1-2-7-16(14)31-19/h3-5,8,10H,1-2,6-7,11H2,(H,26,28)(H,27,29). The first-order valence-corrected chi connectivity index (χ1v) is 10.1. The molecule has 1 aromatic carbocycles. The van der Waals surface area contributed by atoms with Crippen LogP contribution in [0.3, 0.4) is 0 Å². The number of nitriles is 1. The van der Waals surface area contributed by atoms with E-state index >= 15 is 0 Å². The number of fused-ring (bicyclic) bond motifs is 1. The summed E-state index contributed by atoms with van der Waals surface area (Å²) in [6.45, 7) is -0.499. The summed E-state index contributed by atoms with van der Waals surface area (Å²) in [6.07, 6.45) is -0.0757. The summed E-state index contributed by atoms with van der Waals surface area (Å²) in [5.41, 5.74) is 0.494. The van der Waals surface area contributed by atoms with E-state index in [0.29, 0.717) is 16.8 Å². The van der Waals surface area contributed by atoms with E-state index in [0.717, 1.165) is 54.3 Å². The van der Waals surface area contributed by atoms with Crippen LogP contribution in [0, 0.1) is 11.3 Å². The molecule has 0 spiro atoms. The zero-order chi connectivity index (χ0) is 22.4. The SMILES string of the molecule is N#Cc1c(NC(=O)CON=CC(=O)Nc2cccc(C(F)(F)F)c2)sc2c1CCCC2. The lowest BCUT2D eigenvalue weighted by Crippen LogP contribution is -2.18. The van der Waals surface area contributed by atoms with Crippen LogP contribution in [0.1, 0.15) is 34.4 Å². The highest BCUT2D eigenvalue weighted by Crippen LogP contribution is 2.37. The van der Waals surface area contributed by atoms with E-state index in [2.05, 4.69) is 21.9 Å². The summed E-state index contributed by atoms with van der Waals surface area (Å²) in [6, 6.07) is 6.25. The predicted octanol–water partition coefficient (Wildman–Crippen LogP) is 4.10. The van der Waals surface area contributed by atoms with Gasteiger partial charge in [0, 0.05) is 10.6 Å². The van der Waals surface area contributed by atoms with Crippen molar-refractivity contribution in [2.24, 2.45) is 5.16 Å². The molecule has 0 bridgehead atoms. The molecular formula is C20H17F3N4O3S. The second-order valence-corrected chi connectivity index (χ2v) is 7.76. The molecule has 2 N–H and O–H groups in total. The zero-order valence-electron chi connectivity index (χ0n) is 16.1. The average molecular weight is 450 g/mol. The van der Waals surface area contributed by atoms with Gasteiger partial charge in [0.1, 0.15) is 17.3 Å². The maximum absolute atomic E-state index is 12.7. The number of aryl methyl sites for hydroxylation is 1. The fourth-order valence-corrected chi connectivity index (χ4v) is 4.32. The van der Waals surface area contributed by atoms with Crippen LogP contribution in [-0.4, -0.2) is 24.6 Å². The highest BCUT2D eigenvalue weighted by Gasteiger charge is 2.30. The molecule has 0 saturated carbocycles. The lowest BCUT2D eigenvalue weighted by molar-refractivity contribution is -0.137. The molecule has 0 saturated heterocycles. The van der Waals surface area contributed by atoms with Crippen molar-refractivity contribution < 1.29 is 27.6 Å². The van der Waals surface area contributed by atoms with Gasteiger partial charge in [-0.25, -0.2) is 0 Å². The van der Waals surface area contributed by atoms with Crippen LogP contribution in [0.4, 0.5) is 23.9 Å². The maximum atomic E-state index is 12.7. The van der Waals surface area contributed by atoms with Gasteiger partial charge in [-0.1, -0.05) is 11.2 Å². The van der Waals surface area contributed by atoms with E-state index < -0.39 is 30.2 Å². The molecule has 162 valence electrons. The molecule has 0 unspecified atom stereocenters. The third kappa shape index (κ3) is 5.82. The van der Waals surface area contributed by atoms with Crippen LogP contribution in [0.2, 0.25) is 0 Å². The largest absolute Gasteiger partial charge is 0.416 e. The number of amides is 2. The molecule has 1 heterocycles. The Balaban J connectivity index is 1.49. The van der Waals surface area contributed by atoms with Crippen molar-refractivity contribution in [3.05, 3.63) is 45.8 Å². The highest BCUT2D eigenvalue weighted by atomic mass is 32.1. The zero-order valence-corrected chi connectivity index (χ0v) is 16.9. The number of alkyl halides is 3. The number of benzene rings is 1. The summed E-state index contributed by atoms with van der Waals surface area (Å²) in [7, 11) is 0. The number of carbonyl (C=O) groups excluding carboxylic acids is 2. The van der Waals surface area contributed by atoms with E-state index in [1.54, 1.807) is 0 Å². The summed E-state index contributed by atoms with van der Waals surface area (Å²) in [4.78, 5) is 29.7. The first-order valence-electron chi connectivity index (χ1n) is 9.26. The van der Waals surface area contributed by atoms with Gasteiger partial charge in [0.25, 0.3) is 11.8 Å². The fourth-order valence-electron chi connectivity index (χ4n) is 3.06. The van der Waals surface area contributed by atoms with Crippen molar-refractivity contribution in [1.82, 2.24) is 0 Å². The van der Waals surface area contributed by atoms with Gasteiger partial charge in [-0.2, -0.15) is 18.4 Å². The second kappa shape index (κ2) is 9.61. The van der Waals surface area contributed by atoms with Crippen LogP contribution in [-0.2, 0) is 33.4 Å². The van der Waals surface area contributed by atoms with Gasteiger partial charge in [0.15, 0.2) is 6.61 Å². The van der Waals surface area contributed by atoms with Crippen molar-refractivity contribution in [3.63, 3.8) is 0 Å². The summed E-state index contributed by atoms with van der Waals surface area (Å²) in [5.74, 6) is -1.37. The molecular weight excluding hydrogens is 433 g/mol. The molecule has 7 nitrogen and oxygen atoms in total. The molecule has 0 radical (unpaired) electrons. The van der Waals surface area contributed by atoms with E-state index in [1.807, 2.05) is 0 Å². The quantitative estimate of drug-likeness (QED) is 0.511. The van der Waals surface area contributed by atoms with Crippen molar-refractivity contribution in [2.75, 3.05) is 17.2 Å². The van der Waals surface area contributed by atoms with Crippen LogP contribution in [0.25, 0.3) is 0 Å². The minimum Gasteiger partial charge on any atom is -0.385 e. The maximum Gasteiger partial charge on any atom is 0.416 e. The lowest BCUT2D eigenvalue weighted by atomic mass is 9.96. The molecule has 0 aliphatic heterocycles. The Morgan fingerprint density at radius 1 is 1.26 bits per heavy atom. The van der Waals surface area contributed by atoms with Crippen LogP contribution < -0.4 is 10.6 Å². The van der Waals surface area contributed by atoms with Gasteiger partial charge in [0.05, 0.1) is 11.1 Å². The Labute approximate surface area is 179 Å². The van der Waals surface area contributed by atoms with Gasteiger partial charge < -0.3 is 15.5 Å². The van der Waals surface area contributed by atoms with E-state index in [1.165, 1.54) is 17.4 Å². The molecule has 31 heavy (non-hydrogen) atoms. The minimum absolute atomic E-state index is 0.0605. The van der Waals surface area contributed by atoms with Gasteiger partial charge in [-0.05, 0) is 49.4 Å². The van der Waals surface area contributed by atoms with Crippen LogP contribution >= 0.6 is 11.3 Å². The molecule has 1 aromatic heterocycles. The lowest BCUT2D eigenvalue weighted by Gasteiger charge is -2.09. The van der Waals surface area contributed by atoms with Gasteiger partial charge in [-0.3, -0.25) is 9.59 Å². The Morgan fingerprint density at radius 3 is 2.77 bits per heavy atom. The van der Waals surface area contributed by atoms with E-state index in [9.17, 15) is 28.0 Å². The van der Waals surface area contributed by atoms with E-state index in [4.69, 9.17) is 4.84 Å². The van der Waals surface area contributed by atoms with Gasteiger partial charge in [-0.15, -0.1) is 11.3 Å². The summed E-state index contributed by atoms with van der Waals surface area (Å²) in [5, 5.41) is 18.0. The average Bonchev–Trinajstić information content (AvgIpc) is 3.07. The van der Waals surface area contributed by atoms with Crippen molar-refractivity contribution in [2.45, 2.75) is 31.9 Å². The topological polar surface area (TPSA) is 104 Å². The molecule has 1 aliphatic carbocycles. The number of nitrogens with zero attached hydrogens (tertiary/aromatic N) is 2. The van der Waals surface area contributed by atoms with Crippen LogP contribution in [0.5, 0.6) is 0 Å². The minimum atomic E-state index is -4.53. The molecule has 0 atom stereocenters. The Kier molecular flexibility index (Phi) is 6.91. The number of oxime groups is 1. The first-order chi connectivity index (χ1) is 14.8. The van der Waals surface area contributed by atoms with E-state index in [-0.39, 0.29) is 5.69 Å². The van der Waals surface area contributed by atoms with Gasteiger partial charge >= 0.3 is 6.18 Å². The molecule has 11 heteroatoms. The van der Waals surface area contributed by atoms with Crippen molar-refractivity contribution in [1.29, 1.82) is 5.26 Å². The molecule has 2 aromatic rings. The van der Waals surface area contributed by atoms with Gasteiger partial charge in [0.2, 0.25) is 0 Å². The Hall–Kier alpha value is -3.39. The molecule has 3 rings (SSSR count). The number of hydrogen-bond acceptors (Lipinski definition) is 6. The number of hydrogen-bond donors (Lipinski definition) is 2. The molecule has 1 aliphatic rings. The normalized spacial score (nSPS) is 13.4. The predicted molar refractivity (Wildman–Crippen MR) is 109 cm³/mol. The second-order valence-electron chi connectivity index (χ2n) is 6.65. The first kappa shape index (κ1) is 22.3. The Morgan fingerprint density at radius 2 is 2.03 bits per heavy atom. The third-order valence-electron chi connectivity index (χ3n) is 4.43. The number of carbonyl (C=O) groups is 2. The van der Waals surface area contributed by atoms with Crippen molar-refractivity contribution in [3.8, 4) is 6.07 Å². The summed E-state index contributed by atoms with van der Waals surface area (Å²) >= 11 is 1.37. The number of nitrogens with one attached hydrogen (secondary N) is 2. The fraction of sp³-hybridized carbons (Fsp3) is 0.300. The molecule has 0 fully saturated rings.